The van der Waals surface area contributed by atoms with E-state index in [1.54, 1.807) is 24.2 Å². The molecule has 0 spiro atoms. The fraction of sp³-hybridized carbons (Fsp3) is 0.143. The van der Waals surface area contributed by atoms with Gasteiger partial charge in [0.05, 0.1) is 12.7 Å². The molecular weight excluding hydrogens is 254 g/mol. The number of nitrogens with zero attached hydrogens (tertiary/aromatic N) is 5. The van der Waals surface area contributed by atoms with E-state index < -0.39 is 0 Å². The second-order valence-corrected chi connectivity index (χ2v) is 4.19. The first-order valence-electron chi connectivity index (χ1n) is 6.12. The van der Waals surface area contributed by atoms with E-state index in [-0.39, 0.29) is 0 Å². The fourth-order valence-electron chi connectivity index (χ4n) is 1.93. The molecule has 0 N–H and O–H groups in total. The number of aryl methyl sites for hydroxylation is 1. The van der Waals surface area contributed by atoms with Crippen LogP contribution in [0.3, 0.4) is 0 Å². The van der Waals surface area contributed by atoms with E-state index in [2.05, 4.69) is 20.1 Å². The van der Waals surface area contributed by atoms with Crippen LogP contribution in [0.15, 0.2) is 43.0 Å². The molecule has 20 heavy (non-hydrogen) atoms. The van der Waals surface area contributed by atoms with Crippen LogP contribution >= 0.6 is 0 Å². The first-order valence-corrected chi connectivity index (χ1v) is 6.12. The van der Waals surface area contributed by atoms with Crippen molar-refractivity contribution >= 4 is 0 Å². The number of methoxy groups -OCH3 is 1. The van der Waals surface area contributed by atoms with E-state index in [1.165, 1.54) is 6.33 Å². The molecule has 1 aromatic carbocycles. The van der Waals surface area contributed by atoms with Crippen molar-refractivity contribution in [1.82, 2.24) is 24.7 Å². The Labute approximate surface area is 116 Å². The van der Waals surface area contributed by atoms with Gasteiger partial charge in [0.25, 0.3) is 0 Å². The lowest BCUT2D eigenvalue weighted by Gasteiger charge is -2.10. The largest absolute Gasteiger partial charge is 0.494 e. The van der Waals surface area contributed by atoms with Crippen LogP contribution < -0.4 is 4.74 Å². The van der Waals surface area contributed by atoms with Crippen molar-refractivity contribution in [1.29, 1.82) is 0 Å². The van der Waals surface area contributed by atoms with Gasteiger partial charge in [-0.1, -0.05) is 12.1 Å². The minimum atomic E-state index is 0.675. The first-order chi connectivity index (χ1) is 9.79. The highest BCUT2D eigenvalue weighted by molar-refractivity contribution is 5.58. The van der Waals surface area contributed by atoms with Crippen molar-refractivity contribution in [3.05, 3.63) is 48.8 Å². The van der Waals surface area contributed by atoms with E-state index >= 15 is 0 Å². The number of ether oxygens (including phenoxy) is 1. The maximum Gasteiger partial charge on any atom is 0.166 e. The summed E-state index contributed by atoms with van der Waals surface area (Å²) in [6, 6.07) is 7.64. The number of para-hydroxylation sites is 2. The van der Waals surface area contributed by atoms with Crippen LogP contribution in [0.4, 0.5) is 0 Å². The highest BCUT2D eigenvalue weighted by Crippen LogP contribution is 2.25. The number of aromatic nitrogens is 5. The molecule has 0 atom stereocenters. The standard InChI is InChI=1S/C14H13N5O/c1-10-15-7-11(8-16-10)14-17-9-18-19(14)12-5-3-4-6-13(12)20-2/h3-9H,1-2H3. The molecule has 0 fully saturated rings. The summed E-state index contributed by atoms with van der Waals surface area (Å²) >= 11 is 0. The van der Waals surface area contributed by atoms with E-state index in [0.29, 0.717) is 5.82 Å². The Hall–Kier alpha value is -2.76. The van der Waals surface area contributed by atoms with Crippen LogP contribution in [0.25, 0.3) is 17.1 Å². The monoisotopic (exact) mass is 267 g/mol. The molecule has 2 heterocycles. The van der Waals surface area contributed by atoms with Gasteiger partial charge in [-0.15, -0.1) is 0 Å². The van der Waals surface area contributed by atoms with Crippen molar-refractivity contribution in [2.45, 2.75) is 6.92 Å². The zero-order valence-corrected chi connectivity index (χ0v) is 11.2. The molecule has 0 aliphatic rings. The molecule has 0 radical (unpaired) electrons. The quantitative estimate of drug-likeness (QED) is 0.726. The van der Waals surface area contributed by atoms with Crippen LogP contribution in [0, 0.1) is 6.92 Å². The van der Waals surface area contributed by atoms with Gasteiger partial charge in [0.2, 0.25) is 0 Å². The van der Waals surface area contributed by atoms with E-state index in [9.17, 15) is 0 Å². The summed E-state index contributed by atoms with van der Waals surface area (Å²) in [6.45, 7) is 1.84. The molecule has 0 saturated heterocycles. The number of hydrogen-bond donors (Lipinski definition) is 0. The van der Waals surface area contributed by atoms with Crippen LogP contribution in [0.5, 0.6) is 5.75 Å². The molecular formula is C14H13N5O. The smallest absolute Gasteiger partial charge is 0.166 e. The normalized spacial score (nSPS) is 10.5. The molecule has 0 amide bonds. The third kappa shape index (κ3) is 2.11. The number of rotatable bonds is 3. The maximum absolute atomic E-state index is 5.36. The second-order valence-electron chi connectivity index (χ2n) is 4.19. The van der Waals surface area contributed by atoms with Gasteiger partial charge in [-0.2, -0.15) is 5.10 Å². The fourth-order valence-corrected chi connectivity index (χ4v) is 1.93. The van der Waals surface area contributed by atoms with E-state index in [0.717, 1.165) is 22.8 Å². The molecule has 0 unspecified atom stereocenters. The summed E-state index contributed by atoms with van der Waals surface area (Å²) in [4.78, 5) is 12.7. The van der Waals surface area contributed by atoms with Crippen molar-refractivity contribution in [2.75, 3.05) is 7.11 Å². The zero-order valence-electron chi connectivity index (χ0n) is 11.2. The molecule has 3 rings (SSSR count). The second kappa shape index (κ2) is 5.08. The van der Waals surface area contributed by atoms with Crippen LogP contribution in [-0.2, 0) is 0 Å². The molecule has 0 aliphatic heterocycles. The van der Waals surface area contributed by atoms with Crippen LogP contribution in [0.2, 0.25) is 0 Å². The van der Waals surface area contributed by atoms with Gasteiger partial charge in [0.1, 0.15) is 23.6 Å². The lowest BCUT2D eigenvalue weighted by Crippen LogP contribution is -2.02. The summed E-state index contributed by atoms with van der Waals surface area (Å²) in [7, 11) is 1.63. The Morgan fingerprint density at radius 1 is 1.05 bits per heavy atom. The van der Waals surface area contributed by atoms with Gasteiger partial charge in [-0.25, -0.2) is 19.6 Å². The summed E-state index contributed by atoms with van der Waals surface area (Å²) in [5.74, 6) is 2.12. The SMILES string of the molecule is COc1ccccc1-n1ncnc1-c1cnc(C)nc1. The van der Waals surface area contributed by atoms with Gasteiger partial charge in [-0.3, -0.25) is 0 Å². The van der Waals surface area contributed by atoms with Gasteiger partial charge in [-0.05, 0) is 19.1 Å². The summed E-state index contributed by atoms with van der Waals surface area (Å²) < 4.78 is 7.07. The van der Waals surface area contributed by atoms with Crippen molar-refractivity contribution < 1.29 is 4.74 Å². The highest BCUT2D eigenvalue weighted by atomic mass is 16.5. The average molecular weight is 267 g/mol. The average Bonchev–Trinajstić information content (AvgIpc) is 2.97. The maximum atomic E-state index is 5.36. The molecule has 2 aromatic heterocycles. The topological polar surface area (TPSA) is 65.7 Å². The Morgan fingerprint density at radius 2 is 1.80 bits per heavy atom. The van der Waals surface area contributed by atoms with Crippen molar-refractivity contribution in [2.24, 2.45) is 0 Å². The Morgan fingerprint density at radius 3 is 2.55 bits per heavy atom. The molecule has 3 aromatic rings. The summed E-state index contributed by atoms with van der Waals surface area (Å²) in [5.41, 5.74) is 1.63. The highest BCUT2D eigenvalue weighted by Gasteiger charge is 2.13. The molecule has 0 bridgehead atoms. The van der Waals surface area contributed by atoms with Crippen molar-refractivity contribution in [3.63, 3.8) is 0 Å². The minimum Gasteiger partial charge on any atom is -0.494 e. The predicted molar refractivity (Wildman–Crippen MR) is 73.7 cm³/mol. The minimum absolute atomic E-state index is 0.675. The first kappa shape index (κ1) is 12.3. The van der Waals surface area contributed by atoms with Gasteiger partial charge < -0.3 is 4.74 Å². The van der Waals surface area contributed by atoms with Crippen LogP contribution in [-0.4, -0.2) is 31.8 Å². The van der Waals surface area contributed by atoms with Gasteiger partial charge >= 0.3 is 0 Å². The number of benzene rings is 1. The Kier molecular flexibility index (Phi) is 3.12. The predicted octanol–water partition coefficient (Wildman–Crippen LogP) is 2.04. The molecule has 0 aliphatic carbocycles. The Balaban J connectivity index is 2.13. The van der Waals surface area contributed by atoms with E-state index in [4.69, 9.17) is 4.74 Å². The zero-order chi connectivity index (χ0) is 13.9. The third-order valence-corrected chi connectivity index (χ3v) is 2.90. The van der Waals surface area contributed by atoms with Crippen LogP contribution in [0.1, 0.15) is 5.82 Å². The Bertz CT molecular complexity index is 720. The summed E-state index contributed by atoms with van der Waals surface area (Å²) in [5, 5.41) is 4.26. The third-order valence-electron chi connectivity index (χ3n) is 2.90. The number of hydrogen-bond acceptors (Lipinski definition) is 5. The van der Waals surface area contributed by atoms with Gasteiger partial charge in [0.15, 0.2) is 5.82 Å². The summed E-state index contributed by atoms with van der Waals surface area (Å²) in [6.07, 6.45) is 4.97. The molecule has 0 saturated carbocycles. The van der Waals surface area contributed by atoms with E-state index in [1.807, 2.05) is 31.2 Å². The molecule has 6 nitrogen and oxygen atoms in total. The lowest BCUT2D eigenvalue weighted by molar-refractivity contribution is 0.412. The van der Waals surface area contributed by atoms with Crippen molar-refractivity contribution in [3.8, 4) is 22.8 Å². The van der Waals surface area contributed by atoms with Gasteiger partial charge in [0, 0.05) is 12.4 Å². The molecule has 100 valence electrons. The molecule has 6 heteroatoms. The lowest BCUT2D eigenvalue weighted by atomic mass is 10.2.